The first-order valence-electron chi connectivity index (χ1n) is 4.86. The molecule has 0 aliphatic carbocycles. The topological polar surface area (TPSA) is 48.7 Å². The monoisotopic (exact) mass is 220 g/mol. The quantitative estimate of drug-likeness (QED) is 0.744. The van der Waals surface area contributed by atoms with Gasteiger partial charge in [0.05, 0.1) is 14.2 Å². The largest absolute Gasteiger partial charge is 0.497 e. The summed E-state index contributed by atoms with van der Waals surface area (Å²) in [6.07, 6.45) is 0.146. The number of esters is 1. The minimum absolute atomic E-state index is 0.146. The van der Waals surface area contributed by atoms with E-state index in [2.05, 4.69) is 4.74 Å². The van der Waals surface area contributed by atoms with E-state index in [0.717, 1.165) is 16.7 Å². The van der Waals surface area contributed by atoms with E-state index in [4.69, 9.17) is 9.15 Å². The molecule has 0 unspecified atom stereocenters. The summed E-state index contributed by atoms with van der Waals surface area (Å²) in [5.74, 6) is 1.04. The zero-order valence-electron chi connectivity index (χ0n) is 9.15. The van der Waals surface area contributed by atoms with Gasteiger partial charge in [-0.25, -0.2) is 0 Å². The van der Waals surface area contributed by atoms with Crippen LogP contribution in [0.3, 0.4) is 0 Å². The Hall–Kier alpha value is -1.97. The number of carbonyl (C=O) groups excluding carboxylic acids is 1. The van der Waals surface area contributed by atoms with Crippen LogP contribution in [-0.2, 0) is 16.0 Å². The zero-order valence-corrected chi connectivity index (χ0v) is 9.15. The van der Waals surface area contributed by atoms with Gasteiger partial charge in [-0.15, -0.1) is 0 Å². The van der Waals surface area contributed by atoms with Crippen LogP contribution in [0.2, 0.25) is 0 Å². The molecular weight excluding hydrogens is 208 g/mol. The number of rotatable bonds is 3. The second kappa shape index (κ2) is 4.26. The lowest BCUT2D eigenvalue weighted by atomic mass is 10.2. The number of hydrogen-bond donors (Lipinski definition) is 0. The molecule has 4 heteroatoms. The van der Waals surface area contributed by atoms with Crippen LogP contribution < -0.4 is 4.74 Å². The number of carbonyl (C=O) groups is 1. The average molecular weight is 220 g/mol. The first-order chi connectivity index (χ1) is 7.72. The predicted molar refractivity (Wildman–Crippen MR) is 58.5 cm³/mol. The fourth-order valence-corrected chi connectivity index (χ4v) is 1.50. The molecule has 0 saturated heterocycles. The van der Waals surface area contributed by atoms with E-state index in [1.807, 2.05) is 24.3 Å². The Morgan fingerprint density at radius 1 is 1.31 bits per heavy atom. The van der Waals surface area contributed by atoms with Gasteiger partial charge in [0.25, 0.3) is 0 Å². The van der Waals surface area contributed by atoms with Crippen LogP contribution >= 0.6 is 0 Å². The third kappa shape index (κ3) is 2.00. The number of hydrogen-bond acceptors (Lipinski definition) is 4. The molecule has 0 saturated carbocycles. The van der Waals surface area contributed by atoms with Crippen molar-refractivity contribution in [2.45, 2.75) is 6.42 Å². The van der Waals surface area contributed by atoms with Crippen molar-refractivity contribution in [2.24, 2.45) is 0 Å². The summed E-state index contributed by atoms with van der Waals surface area (Å²) in [6, 6.07) is 7.30. The summed E-state index contributed by atoms with van der Waals surface area (Å²) in [6.45, 7) is 0. The molecular formula is C12H12O4. The van der Waals surface area contributed by atoms with Crippen molar-refractivity contribution in [3.05, 3.63) is 30.0 Å². The van der Waals surface area contributed by atoms with E-state index in [0.29, 0.717) is 5.76 Å². The molecule has 0 aliphatic heterocycles. The highest BCUT2D eigenvalue weighted by Gasteiger charge is 2.09. The molecule has 16 heavy (non-hydrogen) atoms. The molecule has 0 N–H and O–H groups in total. The molecule has 0 radical (unpaired) electrons. The molecule has 1 aromatic heterocycles. The first-order valence-corrected chi connectivity index (χ1v) is 4.86. The lowest BCUT2D eigenvalue weighted by Gasteiger charge is -1.96. The van der Waals surface area contributed by atoms with E-state index in [1.165, 1.54) is 7.11 Å². The second-order valence-electron chi connectivity index (χ2n) is 3.37. The normalized spacial score (nSPS) is 10.4. The van der Waals surface area contributed by atoms with Crippen LogP contribution in [-0.4, -0.2) is 20.2 Å². The lowest BCUT2D eigenvalue weighted by molar-refractivity contribution is -0.140. The summed E-state index contributed by atoms with van der Waals surface area (Å²) in [5, 5.41) is 0.915. The third-order valence-electron chi connectivity index (χ3n) is 2.32. The Kier molecular flexibility index (Phi) is 2.81. The first kappa shape index (κ1) is 10.5. The molecule has 0 spiro atoms. The number of methoxy groups -OCH3 is 2. The van der Waals surface area contributed by atoms with Crippen LogP contribution in [0.15, 0.2) is 28.7 Å². The number of ether oxygens (including phenoxy) is 2. The molecule has 84 valence electrons. The van der Waals surface area contributed by atoms with Gasteiger partial charge < -0.3 is 13.9 Å². The number of furan rings is 1. The van der Waals surface area contributed by atoms with E-state index in [-0.39, 0.29) is 12.4 Å². The molecule has 2 aromatic rings. The number of benzene rings is 1. The van der Waals surface area contributed by atoms with Crippen molar-refractivity contribution >= 4 is 16.9 Å². The second-order valence-corrected chi connectivity index (χ2v) is 3.37. The van der Waals surface area contributed by atoms with Gasteiger partial charge in [0.15, 0.2) is 0 Å². The third-order valence-corrected chi connectivity index (χ3v) is 2.32. The molecule has 2 rings (SSSR count). The molecule has 0 fully saturated rings. The van der Waals surface area contributed by atoms with Crippen molar-refractivity contribution in [1.29, 1.82) is 0 Å². The lowest BCUT2D eigenvalue weighted by Crippen LogP contribution is -2.02. The maximum absolute atomic E-state index is 11.1. The summed E-state index contributed by atoms with van der Waals surface area (Å²) in [5.41, 5.74) is 0.736. The van der Waals surface area contributed by atoms with Crippen molar-refractivity contribution < 1.29 is 18.7 Å². The van der Waals surface area contributed by atoms with Crippen molar-refractivity contribution in [1.82, 2.24) is 0 Å². The fraction of sp³-hybridized carbons (Fsp3) is 0.250. The van der Waals surface area contributed by atoms with Gasteiger partial charge in [-0.05, 0) is 24.3 Å². The Morgan fingerprint density at radius 2 is 2.12 bits per heavy atom. The van der Waals surface area contributed by atoms with E-state index in [9.17, 15) is 4.79 Å². The van der Waals surface area contributed by atoms with E-state index >= 15 is 0 Å². The van der Waals surface area contributed by atoms with E-state index < -0.39 is 0 Å². The highest BCUT2D eigenvalue weighted by molar-refractivity contribution is 5.81. The molecule has 0 atom stereocenters. The van der Waals surface area contributed by atoms with Gasteiger partial charge in [-0.2, -0.15) is 0 Å². The average Bonchev–Trinajstić information content (AvgIpc) is 2.69. The smallest absolute Gasteiger partial charge is 0.313 e. The highest BCUT2D eigenvalue weighted by atomic mass is 16.5. The molecule has 1 heterocycles. The minimum Gasteiger partial charge on any atom is -0.497 e. The van der Waals surface area contributed by atoms with Crippen LogP contribution in [0.25, 0.3) is 11.0 Å². The highest BCUT2D eigenvalue weighted by Crippen LogP contribution is 2.24. The molecule has 0 amide bonds. The van der Waals surface area contributed by atoms with Crippen LogP contribution in [0.1, 0.15) is 5.76 Å². The van der Waals surface area contributed by atoms with Gasteiger partial charge in [-0.1, -0.05) is 0 Å². The van der Waals surface area contributed by atoms with Crippen molar-refractivity contribution in [3.8, 4) is 5.75 Å². The molecule has 4 nitrogen and oxygen atoms in total. The Morgan fingerprint density at radius 3 is 2.81 bits per heavy atom. The SMILES string of the molecule is COC(=O)Cc1cc2cc(OC)ccc2o1. The van der Waals surface area contributed by atoms with Gasteiger partial charge in [-0.3, -0.25) is 4.79 Å². The van der Waals surface area contributed by atoms with Gasteiger partial charge in [0.2, 0.25) is 0 Å². The van der Waals surface area contributed by atoms with Gasteiger partial charge in [0.1, 0.15) is 23.5 Å². The van der Waals surface area contributed by atoms with Crippen LogP contribution in [0.4, 0.5) is 0 Å². The zero-order chi connectivity index (χ0) is 11.5. The van der Waals surface area contributed by atoms with E-state index in [1.54, 1.807) is 7.11 Å². The Bertz CT molecular complexity index is 513. The number of fused-ring (bicyclic) bond motifs is 1. The van der Waals surface area contributed by atoms with Gasteiger partial charge in [0, 0.05) is 5.39 Å². The Balaban J connectivity index is 2.32. The van der Waals surface area contributed by atoms with Crippen LogP contribution in [0, 0.1) is 0 Å². The maximum Gasteiger partial charge on any atom is 0.313 e. The standard InChI is InChI=1S/C12H12O4/c1-14-9-3-4-11-8(5-9)6-10(16-11)7-12(13)15-2/h3-6H,7H2,1-2H3. The van der Waals surface area contributed by atoms with Crippen molar-refractivity contribution in [3.63, 3.8) is 0 Å². The maximum atomic E-state index is 11.1. The summed E-state index contributed by atoms with van der Waals surface area (Å²) in [4.78, 5) is 11.1. The molecule has 0 bridgehead atoms. The Labute approximate surface area is 92.8 Å². The van der Waals surface area contributed by atoms with Crippen LogP contribution in [0.5, 0.6) is 5.75 Å². The summed E-state index contributed by atoms with van der Waals surface area (Å²) < 4.78 is 15.2. The summed E-state index contributed by atoms with van der Waals surface area (Å²) >= 11 is 0. The fourth-order valence-electron chi connectivity index (χ4n) is 1.50. The van der Waals surface area contributed by atoms with Gasteiger partial charge >= 0.3 is 5.97 Å². The minimum atomic E-state index is -0.314. The predicted octanol–water partition coefficient (Wildman–Crippen LogP) is 2.16. The molecule has 0 aliphatic rings. The molecule has 1 aromatic carbocycles. The summed E-state index contributed by atoms with van der Waals surface area (Å²) in [7, 11) is 2.96. The van der Waals surface area contributed by atoms with Crippen molar-refractivity contribution in [2.75, 3.05) is 14.2 Å².